The third-order valence-corrected chi connectivity index (χ3v) is 3.09. The molecule has 0 radical (unpaired) electrons. The second-order valence-electron chi connectivity index (χ2n) is 4.88. The van der Waals surface area contributed by atoms with E-state index in [1.807, 2.05) is 6.08 Å². The number of rotatable bonds is 12. The highest BCUT2D eigenvalue weighted by molar-refractivity contribution is 5.77. The van der Waals surface area contributed by atoms with Crippen molar-refractivity contribution in [3.05, 3.63) is 12.2 Å². The number of carboxylic acids is 2. The summed E-state index contributed by atoms with van der Waals surface area (Å²) in [6.07, 6.45) is 12.1. The molecule has 0 heterocycles. The minimum atomic E-state index is -1.05. The van der Waals surface area contributed by atoms with Crippen LogP contribution in [-0.2, 0) is 9.59 Å². The number of hydrogen-bond donors (Lipinski definition) is 2. The van der Waals surface area contributed by atoms with Crippen molar-refractivity contribution in [1.82, 2.24) is 0 Å². The van der Waals surface area contributed by atoms with Crippen molar-refractivity contribution in [3.63, 3.8) is 0 Å². The Balaban J connectivity index is 3.63. The standard InChI is InChI=1S/C15H26O4/c1-2-3-4-5-6-7-8-9-10-11-13(15(18)19)12-14(16)17/h8-9,13H,2-7,10-12H2,1H3,(H,16,17)(H,18,19)/b9-8+. The van der Waals surface area contributed by atoms with Gasteiger partial charge >= 0.3 is 11.9 Å². The Hall–Kier alpha value is -1.32. The second-order valence-corrected chi connectivity index (χ2v) is 4.88. The van der Waals surface area contributed by atoms with E-state index in [-0.39, 0.29) is 6.42 Å². The summed E-state index contributed by atoms with van der Waals surface area (Å²) >= 11 is 0. The first-order valence-corrected chi connectivity index (χ1v) is 7.17. The van der Waals surface area contributed by atoms with Crippen LogP contribution in [0.25, 0.3) is 0 Å². The average molecular weight is 270 g/mol. The predicted octanol–water partition coefficient (Wildman–Crippen LogP) is 3.86. The molecule has 110 valence electrons. The SMILES string of the molecule is CCCCCCC/C=C/CCC(CC(=O)O)C(=O)O. The minimum Gasteiger partial charge on any atom is -0.481 e. The van der Waals surface area contributed by atoms with Gasteiger partial charge in [-0.1, -0.05) is 44.8 Å². The van der Waals surface area contributed by atoms with Crippen molar-refractivity contribution in [1.29, 1.82) is 0 Å². The van der Waals surface area contributed by atoms with E-state index in [0.717, 1.165) is 6.42 Å². The van der Waals surface area contributed by atoms with Gasteiger partial charge in [-0.3, -0.25) is 9.59 Å². The summed E-state index contributed by atoms with van der Waals surface area (Å²) in [5.74, 6) is -2.84. The number of carboxylic acid groups (broad SMARTS) is 2. The summed E-state index contributed by atoms with van der Waals surface area (Å²) in [7, 11) is 0. The van der Waals surface area contributed by atoms with Gasteiger partial charge in [-0.15, -0.1) is 0 Å². The number of hydrogen-bond acceptors (Lipinski definition) is 2. The molecule has 2 N–H and O–H groups in total. The molecule has 19 heavy (non-hydrogen) atoms. The van der Waals surface area contributed by atoms with Crippen LogP contribution >= 0.6 is 0 Å². The highest BCUT2D eigenvalue weighted by Crippen LogP contribution is 2.13. The Morgan fingerprint density at radius 1 is 1.00 bits per heavy atom. The van der Waals surface area contributed by atoms with Crippen LogP contribution in [0.3, 0.4) is 0 Å². The average Bonchev–Trinajstić information content (AvgIpc) is 2.34. The molecule has 4 nitrogen and oxygen atoms in total. The topological polar surface area (TPSA) is 74.6 Å². The van der Waals surface area contributed by atoms with E-state index >= 15 is 0 Å². The van der Waals surface area contributed by atoms with Crippen LogP contribution in [0.5, 0.6) is 0 Å². The van der Waals surface area contributed by atoms with Gasteiger partial charge in [0.2, 0.25) is 0 Å². The molecule has 0 saturated heterocycles. The number of allylic oxidation sites excluding steroid dienone is 2. The van der Waals surface area contributed by atoms with E-state index in [1.54, 1.807) is 0 Å². The summed E-state index contributed by atoms with van der Waals surface area (Å²) in [6.45, 7) is 2.19. The summed E-state index contributed by atoms with van der Waals surface area (Å²) in [4.78, 5) is 21.3. The highest BCUT2D eigenvalue weighted by Gasteiger charge is 2.19. The smallest absolute Gasteiger partial charge is 0.307 e. The Bertz CT molecular complexity index is 284. The summed E-state index contributed by atoms with van der Waals surface area (Å²) < 4.78 is 0. The molecule has 0 spiro atoms. The Kier molecular flexibility index (Phi) is 10.9. The molecule has 0 bridgehead atoms. The third kappa shape index (κ3) is 11.5. The molecular formula is C15H26O4. The van der Waals surface area contributed by atoms with Crippen molar-refractivity contribution >= 4 is 11.9 Å². The van der Waals surface area contributed by atoms with Crippen molar-refractivity contribution in [2.24, 2.45) is 5.92 Å². The van der Waals surface area contributed by atoms with E-state index in [9.17, 15) is 9.59 Å². The molecule has 1 unspecified atom stereocenters. The fourth-order valence-electron chi connectivity index (χ4n) is 1.92. The zero-order valence-electron chi connectivity index (χ0n) is 11.8. The lowest BCUT2D eigenvalue weighted by atomic mass is 9.99. The molecule has 0 aliphatic rings. The lowest BCUT2D eigenvalue weighted by Gasteiger charge is -2.07. The summed E-state index contributed by atoms with van der Waals surface area (Å²) in [5.41, 5.74) is 0. The van der Waals surface area contributed by atoms with Crippen LogP contribution < -0.4 is 0 Å². The molecule has 0 aromatic heterocycles. The molecule has 0 saturated carbocycles. The van der Waals surface area contributed by atoms with Gasteiger partial charge in [-0.2, -0.15) is 0 Å². The molecule has 0 aromatic carbocycles. The fourth-order valence-corrected chi connectivity index (χ4v) is 1.92. The maximum Gasteiger partial charge on any atom is 0.307 e. The van der Waals surface area contributed by atoms with E-state index < -0.39 is 17.9 Å². The van der Waals surface area contributed by atoms with Crippen molar-refractivity contribution in [2.75, 3.05) is 0 Å². The molecule has 0 rings (SSSR count). The number of unbranched alkanes of at least 4 members (excludes halogenated alkanes) is 5. The molecule has 1 atom stereocenters. The molecular weight excluding hydrogens is 244 g/mol. The van der Waals surface area contributed by atoms with E-state index in [2.05, 4.69) is 13.0 Å². The Morgan fingerprint density at radius 2 is 1.63 bits per heavy atom. The Labute approximate surface area is 115 Å². The first kappa shape index (κ1) is 17.7. The first-order valence-electron chi connectivity index (χ1n) is 7.17. The minimum absolute atomic E-state index is 0.291. The van der Waals surface area contributed by atoms with Gasteiger partial charge in [0.25, 0.3) is 0 Å². The van der Waals surface area contributed by atoms with E-state index in [4.69, 9.17) is 10.2 Å². The number of carbonyl (C=O) groups is 2. The van der Waals surface area contributed by atoms with Crippen molar-refractivity contribution in [2.45, 2.75) is 64.7 Å². The highest BCUT2D eigenvalue weighted by atomic mass is 16.4. The lowest BCUT2D eigenvalue weighted by Crippen LogP contribution is -2.17. The van der Waals surface area contributed by atoms with Crippen molar-refractivity contribution < 1.29 is 19.8 Å². The van der Waals surface area contributed by atoms with Crippen LogP contribution in [0.4, 0.5) is 0 Å². The molecule has 0 fully saturated rings. The normalized spacial score (nSPS) is 12.7. The van der Waals surface area contributed by atoms with E-state index in [1.165, 1.54) is 32.1 Å². The molecule has 0 aliphatic carbocycles. The van der Waals surface area contributed by atoms with Gasteiger partial charge < -0.3 is 10.2 Å². The zero-order chi connectivity index (χ0) is 14.5. The van der Waals surface area contributed by atoms with Crippen LogP contribution in [-0.4, -0.2) is 22.2 Å². The molecule has 0 amide bonds. The maximum absolute atomic E-state index is 10.8. The van der Waals surface area contributed by atoms with Crippen LogP contribution in [0, 0.1) is 5.92 Å². The summed E-state index contributed by atoms with van der Waals surface area (Å²) in [5, 5.41) is 17.5. The van der Waals surface area contributed by atoms with Crippen LogP contribution in [0.1, 0.15) is 64.7 Å². The van der Waals surface area contributed by atoms with Crippen LogP contribution in [0.2, 0.25) is 0 Å². The summed E-state index contributed by atoms with van der Waals surface area (Å²) in [6, 6.07) is 0. The van der Waals surface area contributed by atoms with Gasteiger partial charge in [-0.25, -0.2) is 0 Å². The van der Waals surface area contributed by atoms with Gasteiger partial charge in [0, 0.05) is 0 Å². The van der Waals surface area contributed by atoms with Gasteiger partial charge in [0.15, 0.2) is 0 Å². The predicted molar refractivity (Wildman–Crippen MR) is 75.1 cm³/mol. The number of aliphatic carboxylic acids is 2. The van der Waals surface area contributed by atoms with Gasteiger partial charge in [0.05, 0.1) is 12.3 Å². The van der Waals surface area contributed by atoms with Crippen LogP contribution in [0.15, 0.2) is 12.2 Å². The van der Waals surface area contributed by atoms with E-state index in [0.29, 0.717) is 12.8 Å². The van der Waals surface area contributed by atoms with Gasteiger partial charge in [0.1, 0.15) is 0 Å². The quantitative estimate of drug-likeness (QED) is 0.417. The maximum atomic E-state index is 10.8. The molecule has 4 heteroatoms. The largest absolute Gasteiger partial charge is 0.481 e. The Morgan fingerprint density at radius 3 is 2.21 bits per heavy atom. The van der Waals surface area contributed by atoms with Gasteiger partial charge in [-0.05, 0) is 25.7 Å². The lowest BCUT2D eigenvalue weighted by molar-refractivity contribution is -0.148. The molecule has 0 aliphatic heterocycles. The third-order valence-electron chi connectivity index (χ3n) is 3.09. The van der Waals surface area contributed by atoms with Crippen molar-refractivity contribution in [3.8, 4) is 0 Å². The first-order chi connectivity index (χ1) is 9.07. The fraction of sp³-hybridized carbons (Fsp3) is 0.733. The monoisotopic (exact) mass is 270 g/mol. The second kappa shape index (κ2) is 11.8. The molecule has 0 aromatic rings. The zero-order valence-corrected chi connectivity index (χ0v) is 11.8.